The van der Waals surface area contributed by atoms with Gasteiger partial charge >= 0.3 is 0 Å². The van der Waals surface area contributed by atoms with Crippen LogP contribution in [0.25, 0.3) is 0 Å². The molecule has 0 aliphatic heterocycles. The number of allylic oxidation sites excluding steroid dienone is 3. The maximum absolute atomic E-state index is 3.73. The van der Waals surface area contributed by atoms with Crippen molar-refractivity contribution in [2.75, 3.05) is 0 Å². The highest BCUT2D eigenvalue weighted by Gasteiger charge is 1.85. The van der Waals surface area contributed by atoms with E-state index in [1.807, 2.05) is 6.92 Å². The van der Waals surface area contributed by atoms with Crippen LogP contribution in [0, 0.1) is 0 Å². The van der Waals surface area contributed by atoms with E-state index in [0.29, 0.717) is 0 Å². The highest BCUT2D eigenvalue weighted by atomic mass is 14.9. The van der Waals surface area contributed by atoms with E-state index in [4.69, 9.17) is 0 Å². The van der Waals surface area contributed by atoms with Crippen molar-refractivity contribution < 1.29 is 0 Å². The second-order valence-corrected chi connectivity index (χ2v) is 2.15. The molecule has 0 heterocycles. The lowest BCUT2D eigenvalue weighted by Gasteiger charge is -2.03. The molecule has 0 aliphatic carbocycles. The summed E-state index contributed by atoms with van der Waals surface area (Å²) in [6, 6.07) is 0. The van der Waals surface area contributed by atoms with E-state index in [1.165, 1.54) is 0 Å². The smallest absolute Gasteiger partial charge is 0.0302 e. The molecule has 0 rings (SSSR count). The maximum Gasteiger partial charge on any atom is 0.0302 e. The van der Waals surface area contributed by atoms with Crippen molar-refractivity contribution in [3.05, 3.63) is 36.7 Å². The Morgan fingerprint density at radius 1 is 1.60 bits per heavy atom. The topological polar surface area (TPSA) is 12.0 Å². The van der Waals surface area contributed by atoms with Gasteiger partial charge in [0.05, 0.1) is 0 Å². The summed E-state index contributed by atoms with van der Waals surface area (Å²) >= 11 is 0. The van der Waals surface area contributed by atoms with Gasteiger partial charge in [0.2, 0.25) is 0 Å². The van der Waals surface area contributed by atoms with Crippen molar-refractivity contribution in [2.45, 2.75) is 20.3 Å². The Labute approximate surface area is 63.1 Å². The van der Waals surface area contributed by atoms with Gasteiger partial charge in [-0.15, -0.1) is 0 Å². The highest BCUT2D eigenvalue weighted by molar-refractivity contribution is 5.15. The minimum absolute atomic E-state index is 0.849. The maximum atomic E-state index is 3.73. The summed E-state index contributed by atoms with van der Waals surface area (Å²) in [4.78, 5) is 0. The summed E-state index contributed by atoms with van der Waals surface area (Å²) in [6.07, 6.45) is 4.85. The van der Waals surface area contributed by atoms with Crippen LogP contribution in [-0.4, -0.2) is 0 Å². The zero-order valence-corrected chi connectivity index (χ0v) is 6.78. The largest absolute Gasteiger partial charge is 0.360 e. The van der Waals surface area contributed by atoms with Gasteiger partial charge < -0.3 is 5.32 Å². The lowest BCUT2D eigenvalue weighted by Crippen LogP contribution is -2.06. The Hall–Kier alpha value is -0.980. The molecule has 0 bridgehead atoms. The van der Waals surface area contributed by atoms with Gasteiger partial charge in [-0.2, -0.15) is 0 Å². The molecule has 1 nitrogen and oxygen atoms in total. The van der Waals surface area contributed by atoms with Gasteiger partial charge in [-0.1, -0.05) is 26.2 Å². The van der Waals surface area contributed by atoms with Gasteiger partial charge in [0.1, 0.15) is 0 Å². The fourth-order valence-electron chi connectivity index (χ4n) is 0.662. The fraction of sp³-hybridized carbons (Fsp3) is 0.333. The molecule has 0 unspecified atom stereocenters. The molecular formula is C9H15N. The molecule has 0 saturated carbocycles. The summed E-state index contributed by atoms with van der Waals surface area (Å²) < 4.78 is 0. The Morgan fingerprint density at radius 3 is 2.60 bits per heavy atom. The van der Waals surface area contributed by atoms with Gasteiger partial charge in [0.25, 0.3) is 0 Å². The summed E-state index contributed by atoms with van der Waals surface area (Å²) in [5, 5.41) is 3.08. The van der Waals surface area contributed by atoms with Gasteiger partial charge in [-0.25, -0.2) is 0 Å². The third-order valence-electron chi connectivity index (χ3n) is 1.11. The Morgan fingerprint density at radius 2 is 2.20 bits per heavy atom. The quantitative estimate of drug-likeness (QED) is 0.587. The lowest BCUT2D eigenvalue weighted by atomic mass is 10.3. The minimum atomic E-state index is 0.849. The molecule has 0 aromatic heterocycles. The highest BCUT2D eigenvalue weighted by Crippen LogP contribution is 1.94. The van der Waals surface area contributed by atoms with Crippen molar-refractivity contribution in [3.63, 3.8) is 0 Å². The van der Waals surface area contributed by atoms with Gasteiger partial charge in [-0.3, -0.25) is 0 Å². The third-order valence-corrected chi connectivity index (χ3v) is 1.11. The van der Waals surface area contributed by atoms with E-state index in [1.54, 1.807) is 6.08 Å². The molecule has 0 aromatic carbocycles. The van der Waals surface area contributed by atoms with Crippen LogP contribution < -0.4 is 5.32 Å². The van der Waals surface area contributed by atoms with Gasteiger partial charge in [0, 0.05) is 11.4 Å². The Kier molecular flexibility index (Phi) is 4.38. The van der Waals surface area contributed by atoms with Crippen LogP contribution >= 0.6 is 0 Å². The van der Waals surface area contributed by atoms with E-state index in [0.717, 1.165) is 17.8 Å². The van der Waals surface area contributed by atoms with E-state index in [9.17, 15) is 0 Å². The lowest BCUT2D eigenvalue weighted by molar-refractivity contribution is 0.985. The zero-order chi connectivity index (χ0) is 7.98. The van der Waals surface area contributed by atoms with E-state index in [2.05, 4.69) is 31.5 Å². The number of nitrogens with one attached hydrogen (secondary N) is 1. The van der Waals surface area contributed by atoms with E-state index < -0.39 is 0 Å². The second kappa shape index (κ2) is 4.86. The molecule has 0 saturated heterocycles. The SMILES string of the molecule is C=CC(=C)N/C(C)=C/CC. The average Bonchev–Trinajstić information content (AvgIpc) is 1.88. The predicted octanol–water partition coefficient (Wildman–Crippen LogP) is 2.59. The van der Waals surface area contributed by atoms with Crippen molar-refractivity contribution in [1.82, 2.24) is 5.32 Å². The Bertz CT molecular complexity index is 154. The van der Waals surface area contributed by atoms with Crippen LogP contribution in [-0.2, 0) is 0 Å². The van der Waals surface area contributed by atoms with Crippen LogP contribution in [0.1, 0.15) is 20.3 Å². The monoisotopic (exact) mass is 137 g/mol. The van der Waals surface area contributed by atoms with Crippen LogP contribution in [0.2, 0.25) is 0 Å². The minimum Gasteiger partial charge on any atom is -0.360 e. The number of hydrogen-bond donors (Lipinski definition) is 1. The molecule has 0 aromatic rings. The van der Waals surface area contributed by atoms with Crippen molar-refractivity contribution in [1.29, 1.82) is 0 Å². The van der Waals surface area contributed by atoms with Crippen LogP contribution in [0.5, 0.6) is 0 Å². The van der Waals surface area contributed by atoms with Gasteiger partial charge in [-0.05, 0) is 19.4 Å². The summed E-state index contributed by atoms with van der Waals surface area (Å²) in [7, 11) is 0. The first kappa shape index (κ1) is 9.02. The van der Waals surface area contributed by atoms with Crippen LogP contribution in [0.4, 0.5) is 0 Å². The van der Waals surface area contributed by atoms with Crippen LogP contribution in [0.3, 0.4) is 0 Å². The molecule has 10 heavy (non-hydrogen) atoms. The molecule has 0 atom stereocenters. The van der Waals surface area contributed by atoms with Crippen molar-refractivity contribution in [3.8, 4) is 0 Å². The molecule has 0 aliphatic rings. The number of hydrogen-bond acceptors (Lipinski definition) is 1. The second-order valence-electron chi connectivity index (χ2n) is 2.15. The predicted molar refractivity (Wildman–Crippen MR) is 46.5 cm³/mol. The first-order chi connectivity index (χ1) is 4.70. The van der Waals surface area contributed by atoms with E-state index >= 15 is 0 Å². The standard InChI is InChI=1S/C9H15N/c1-5-7-9(4)10-8(3)6-2/h6-7,10H,2-3,5H2,1,4H3/b9-7+. The summed E-state index contributed by atoms with van der Waals surface area (Å²) in [5.41, 5.74) is 1.98. The summed E-state index contributed by atoms with van der Waals surface area (Å²) in [6.45, 7) is 11.4. The molecule has 0 radical (unpaired) electrons. The van der Waals surface area contributed by atoms with E-state index in [-0.39, 0.29) is 0 Å². The molecular weight excluding hydrogens is 122 g/mol. The number of rotatable bonds is 4. The molecule has 0 fully saturated rings. The van der Waals surface area contributed by atoms with Crippen LogP contribution in [0.15, 0.2) is 36.7 Å². The molecule has 1 N–H and O–H groups in total. The first-order valence-electron chi connectivity index (χ1n) is 3.45. The average molecular weight is 137 g/mol. The fourth-order valence-corrected chi connectivity index (χ4v) is 0.662. The van der Waals surface area contributed by atoms with Crippen molar-refractivity contribution >= 4 is 0 Å². The molecule has 56 valence electrons. The first-order valence-corrected chi connectivity index (χ1v) is 3.45. The van der Waals surface area contributed by atoms with Gasteiger partial charge in [0.15, 0.2) is 0 Å². The van der Waals surface area contributed by atoms with Crippen molar-refractivity contribution in [2.24, 2.45) is 0 Å². The third kappa shape index (κ3) is 3.96. The molecule has 0 amide bonds. The Balaban J connectivity index is 3.78. The molecule has 1 heteroatoms. The summed E-state index contributed by atoms with van der Waals surface area (Å²) in [5.74, 6) is 0. The zero-order valence-electron chi connectivity index (χ0n) is 6.78. The molecule has 0 spiro atoms. The normalized spacial score (nSPS) is 10.8.